The van der Waals surface area contributed by atoms with Crippen LogP contribution in [0.2, 0.25) is 0 Å². The van der Waals surface area contributed by atoms with E-state index in [1.807, 2.05) is 91.3 Å². The molecule has 53 heavy (non-hydrogen) atoms. The molecule has 0 atom stereocenters. The van der Waals surface area contributed by atoms with E-state index in [1.54, 1.807) is 0 Å². The summed E-state index contributed by atoms with van der Waals surface area (Å²) in [5.41, 5.74) is 9.38. The quantitative estimate of drug-likeness (QED) is 0.167. The molecule has 10 rings (SSSR count). The maximum Gasteiger partial charge on any atom is 0.164 e. The molecular formula is C46H31N7. The van der Waals surface area contributed by atoms with Crippen molar-refractivity contribution in [3.8, 4) is 56.7 Å². The highest BCUT2D eigenvalue weighted by Crippen LogP contribution is 2.38. The van der Waals surface area contributed by atoms with Crippen LogP contribution in [0.3, 0.4) is 0 Å². The van der Waals surface area contributed by atoms with Crippen molar-refractivity contribution in [2.45, 2.75) is 7.43 Å². The van der Waals surface area contributed by atoms with Gasteiger partial charge in [0.2, 0.25) is 0 Å². The molecule has 0 aliphatic rings. The van der Waals surface area contributed by atoms with Crippen molar-refractivity contribution >= 4 is 43.6 Å². The maximum absolute atomic E-state index is 5.31. The minimum absolute atomic E-state index is 0. The van der Waals surface area contributed by atoms with Crippen LogP contribution in [0.4, 0.5) is 0 Å². The van der Waals surface area contributed by atoms with Crippen LogP contribution in [-0.2, 0) is 0 Å². The molecule has 0 spiro atoms. The van der Waals surface area contributed by atoms with E-state index in [1.165, 1.54) is 0 Å². The highest BCUT2D eigenvalue weighted by molar-refractivity contribution is 6.10. The van der Waals surface area contributed by atoms with Gasteiger partial charge in [-0.25, -0.2) is 24.9 Å². The summed E-state index contributed by atoms with van der Waals surface area (Å²) in [5.74, 6) is 1.64. The van der Waals surface area contributed by atoms with Crippen molar-refractivity contribution in [2.24, 2.45) is 0 Å². The van der Waals surface area contributed by atoms with E-state index in [4.69, 9.17) is 34.9 Å². The van der Waals surface area contributed by atoms with Crippen molar-refractivity contribution < 1.29 is 0 Å². The molecular weight excluding hydrogens is 651 g/mol. The monoisotopic (exact) mass is 681 g/mol. The summed E-state index contributed by atoms with van der Waals surface area (Å²) in [5, 5.41) is 3.83. The average molecular weight is 682 g/mol. The molecule has 0 saturated heterocycles. The third kappa shape index (κ3) is 5.61. The van der Waals surface area contributed by atoms with Gasteiger partial charge < -0.3 is 0 Å². The van der Waals surface area contributed by atoms with Gasteiger partial charge in [0.05, 0.1) is 33.5 Å². The first-order valence-electron chi connectivity index (χ1n) is 17.1. The Bertz CT molecular complexity index is 2770. The second-order valence-corrected chi connectivity index (χ2v) is 12.6. The zero-order valence-electron chi connectivity index (χ0n) is 27.7. The zero-order chi connectivity index (χ0) is 34.4. The van der Waals surface area contributed by atoms with Crippen LogP contribution in [-0.4, -0.2) is 34.9 Å². The van der Waals surface area contributed by atoms with Gasteiger partial charge in [-0.05, 0) is 24.3 Å². The van der Waals surface area contributed by atoms with Gasteiger partial charge in [0.1, 0.15) is 0 Å². The number of nitrogens with zero attached hydrogens (tertiary/aromatic N) is 7. The highest BCUT2D eigenvalue weighted by Gasteiger charge is 2.21. The third-order valence-electron chi connectivity index (χ3n) is 9.39. The van der Waals surface area contributed by atoms with Gasteiger partial charge in [-0.1, -0.05) is 135 Å². The van der Waals surface area contributed by atoms with Gasteiger partial charge >= 0.3 is 0 Å². The van der Waals surface area contributed by atoms with Gasteiger partial charge in [0.15, 0.2) is 17.5 Å². The van der Waals surface area contributed by atoms with Crippen molar-refractivity contribution in [3.05, 3.63) is 164 Å². The average Bonchev–Trinajstić information content (AvgIpc) is 3.23. The lowest BCUT2D eigenvalue weighted by atomic mass is 10.0. The maximum atomic E-state index is 5.31. The van der Waals surface area contributed by atoms with Crippen LogP contribution >= 0.6 is 0 Å². The number of aromatic nitrogens is 7. The fourth-order valence-corrected chi connectivity index (χ4v) is 6.87. The Labute approximate surface area is 305 Å². The van der Waals surface area contributed by atoms with Crippen LogP contribution in [0.5, 0.6) is 0 Å². The lowest BCUT2D eigenvalue weighted by molar-refractivity contribution is 1.08. The normalized spacial score (nSPS) is 11.2. The Morgan fingerprint density at radius 3 is 1.19 bits per heavy atom. The first kappa shape index (κ1) is 31.7. The first-order valence-corrected chi connectivity index (χ1v) is 17.1. The second-order valence-electron chi connectivity index (χ2n) is 12.6. The number of hydrogen-bond donors (Lipinski definition) is 0. The van der Waals surface area contributed by atoms with Crippen molar-refractivity contribution in [1.29, 1.82) is 0 Å². The highest BCUT2D eigenvalue weighted by atomic mass is 15.0. The Morgan fingerprint density at radius 1 is 0.321 bits per heavy atom. The van der Waals surface area contributed by atoms with Gasteiger partial charge in [0, 0.05) is 61.8 Å². The van der Waals surface area contributed by atoms with E-state index in [-0.39, 0.29) is 7.43 Å². The van der Waals surface area contributed by atoms with Crippen molar-refractivity contribution in [3.63, 3.8) is 0 Å². The van der Waals surface area contributed by atoms with Crippen LogP contribution < -0.4 is 0 Å². The zero-order valence-corrected chi connectivity index (χ0v) is 27.7. The molecule has 0 aliphatic carbocycles. The summed E-state index contributed by atoms with van der Waals surface area (Å²) in [6.45, 7) is 0. The Morgan fingerprint density at radius 2 is 0.736 bits per heavy atom. The number of pyridine rings is 4. The Kier molecular flexibility index (Phi) is 7.86. The molecule has 0 amide bonds. The van der Waals surface area contributed by atoms with Gasteiger partial charge in [0.25, 0.3) is 0 Å². The molecule has 10 aromatic rings. The number of hydrogen-bond acceptors (Lipinski definition) is 7. The lowest BCUT2D eigenvalue weighted by Crippen LogP contribution is -2.03. The summed E-state index contributed by atoms with van der Waals surface area (Å²) >= 11 is 0. The molecule has 0 bridgehead atoms. The molecule has 7 heteroatoms. The van der Waals surface area contributed by atoms with E-state index in [0.29, 0.717) is 17.5 Å². The second kappa shape index (κ2) is 13.1. The minimum atomic E-state index is 0. The van der Waals surface area contributed by atoms with Crippen molar-refractivity contribution in [2.75, 3.05) is 0 Å². The fraction of sp³-hybridized carbons (Fsp3) is 0.0217. The summed E-state index contributed by atoms with van der Waals surface area (Å²) in [4.78, 5) is 35.6. The number of fused-ring (bicyclic) bond motifs is 6. The molecule has 5 aromatic heterocycles. The van der Waals surface area contributed by atoms with Gasteiger partial charge in [-0.2, -0.15) is 0 Å². The van der Waals surface area contributed by atoms with Crippen LogP contribution in [0.1, 0.15) is 7.43 Å². The Balaban J connectivity index is 0.00000372. The predicted octanol–water partition coefficient (Wildman–Crippen LogP) is 11.0. The molecule has 7 nitrogen and oxygen atoms in total. The number of rotatable bonds is 5. The summed E-state index contributed by atoms with van der Waals surface area (Å²) in [7, 11) is 0. The molecule has 0 aliphatic heterocycles. The fourth-order valence-electron chi connectivity index (χ4n) is 6.87. The van der Waals surface area contributed by atoms with E-state index in [0.717, 1.165) is 82.8 Å². The van der Waals surface area contributed by atoms with Crippen molar-refractivity contribution in [1.82, 2.24) is 34.9 Å². The van der Waals surface area contributed by atoms with Gasteiger partial charge in [-0.15, -0.1) is 0 Å². The topological polar surface area (TPSA) is 90.2 Å². The van der Waals surface area contributed by atoms with Crippen LogP contribution in [0.15, 0.2) is 164 Å². The van der Waals surface area contributed by atoms with Gasteiger partial charge in [-0.3, -0.25) is 9.97 Å². The summed E-state index contributed by atoms with van der Waals surface area (Å²) in [6, 6.07) is 50.9. The predicted molar refractivity (Wildman–Crippen MR) is 215 cm³/mol. The molecule has 5 aromatic carbocycles. The lowest BCUT2D eigenvalue weighted by Gasteiger charge is -2.15. The molecule has 250 valence electrons. The van der Waals surface area contributed by atoms with E-state index in [9.17, 15) is 0 Å². The molecule has 5 heterocycles. The van der Waals surface area contributed by atoms with Crippen LogP contribution in [0.25, 0.3) is 100 Å². The van der Waals surface area contributed by atoms with Crippen LogP contribution in [0, 0.1) is 0 Å². The smallest absolute Gasteiger partial charge is 0.164 e. The molecule has 0 fully saturated rings. The molecule has 0 unspecified atom stereocenters. The summed E-state index contributed by atoms with van der Waals surface area (Å²) < 4.78 is 0. The Hall–Kier alpha value is -7.25. The first-order chi connectivity index (χ1) is 25.8. The van der Waals surface area contributed by atoms with E-state index < -0.39 is 0 Å². The molecule has 0 radical (unpaired) electrons. The molecule has 0 N–H and O–H groups in total. The van der Waals surface area contributed by atoms with E-state index in [2.05, 4.69) is 72.8 Å². The SMILES string of the molecule is C.c1ccc(-c2cc(-c3nc(-c4ccccc4)nc(-c4cc(-c5ccccc5)nc5c4ccc4cccnc45)n3)c3ccc4cccnc4c3n2)cc1. The summed E-state index contributed by atoms with van der Waals surface area (Å²) in [6.07, 6.45) is 3.62. The minimum Gasteiger partial charge on any atom is -0.254 e. The number of benzene rings is 5. The third-order valence-corrected chi connectivity index (χ3v) is 9.39. The largest absolute Gasteiger partial charge is 0.254 e. The molecule has 0 saturated carbocycles. The van der Waals surface area contributed by atoms with E-state index >= 15 is 0 Å². The standard InChI is InChI=1S/C45H27N7.CH4/c1-4-12-28(13-5-1)37-26-35(33-22-20-30-18-10-24-46-39(30)41(33)48-37)44-50-43(32-16-8-3-9-17-32)51-45(52-44)36-27-38(29-14-6-2-7-15-29)49-42-34(36)23-21-31-19-11-25-47-40(31)42;/h1-27H;1H4.